The molecule has 1 aliphatic carbocycles. The number of fused-ring (bicyclic) bond motifs is 1. The van der Waals surface area contributed by atoms with Crippen LogP contribution in [0.2, 0.25) is 0 Å². The Morgan fingerprint density at radius 2 is 1.70 bits per heavy atom. The van der Waals surface area contributed by atoms with E-state index in [9.17, 15) is 22.0 Å². The first-order valence-electron chi connectivity index (χ1n) is 8.24. The summed E-state index contributed by atoms with van der Waals surface area (Å²) < 4.78 is 74.9. The summed E-state index contributed by atoms with van der Waals surface area (Å²) in [5.74, 6) is -9.28. The van der Waals surface area contributed by atoms with Crippen LogP contribution in [0.5, 0.6) is 0 Å². The molecule has 1 aliphatic heterocycles. The molecule has 2 fully saturated rings. The molecule has 0 bridgehead atoms. The van der Waals surface area contributed by atoms with Crippen LogP contribution in [0, 0.1) is 35.0 Å². The summed E-state index contributed by atoms with van der Waals surface area (Å²) in [6.07, 6.45) is 4.14. The highest BCUT2D eigenvalue weighted by molar-refractivity contribution is 9.17. The maximum atomic E-state index is 14.2. The van der Waals surface area contributed by atoms with Gasteiger partial charge in [-0.1, -0.05) is 12.2 Å². The van der Waals surface area contributed by atoms with Gasteiger partial charge >= 0.3 is 5.10 Å². The third-order valence-electron chi connectivity index (χ3n) is 5.04. The van der Waals surface area contributed by atoms with Crippen LogP contribution < -0.4 is 0 Å². The molecule has 1 aromatic carbocycles. The number of allylic oxidation sites excluding steroid dienone is 1. The van der Waals surface area contributed by atoms with E-state index in [-0.39, 0.29) is 10.9 Å². The number of hydrogen-bond acceptors (Lipinski definition) is 4. The quantitative estimate of drug-likeness (QED) is 0.149. The molecule has 0 N–H and O–H groups in total. The van der Waals surface area contributed by atoms with Gasteiger partial charge in [-0.2, -0.15) is 4.52 Å². The summed E-state index contributed by atoms with van der Waals surface area (Å²) in [6, 6.07) is 0. The highest BCUT2D eigenvalue weighted by Crippen LogP contribution is 2.95. The molecule has 1 saturated carbocycles. The van der Waals surface area contributed by atoms with Crippen molar-refractivity contribution in [2.24, 2.45) is 5.92 Å². The van der Waals surface area contributed by atoms with Gasteiger partial charge in [0, 0.05) is 6.26 Å². The van der Waals surface area contributed by atoms with Gasteiger partial charge < -0.3 is 0 Å². The van der Waals surface area contributed by atoms with Crippen molar-refractivity contribution in [1.29, 1.82) is 0 Å². The van der Waals surface area contributed by atoms with Crippen LogP contribution in [-0.4, -0.2) is 17.1 Å². The Morgan fingerprint density at radius 3 is 2.22 bits per heavy atom. The van der Waals surface area contributed by atoms with Gasteiger partial charge in [0.1, 0.15) is 22.4 Å². The smallest absolute Gasteiger partial charge is 0.202 e. The van der Waals surface area contributed by atoms with E-state index in [1.165, 1.54) is 22.8 Å². The minimum atomic E-state index is -2.60. The van der Waals surface area contributed by atoms with Crippen LogP contribution in [0.3, 0.4) is 0 Å². The summed E-state index contributed by atoms with van der Waals surface area (Å²) in [4.78, 5) is -0.861. The van der Waals surface area contributed by atoms with Crippen LogP contribution >= 0.6 is 39.2 Å². The van der Waals surface area contributed by atoms with E-state index in [1.807, 2.05) is 13.8 Å². The number of halogens is 5. The highest BCUT2D eigenvalue weighted by Gasteiger charge is 2.65. The lowest BCUT2D eigenvalue weighted by Gasteiger charge is -2.34. The van der Waals surface area contributed by atoms with Crippen molar-refractivity contribution in [3.63, 3.8) is 0 Å². The van der Waals surface area contributed by atoms with Crippen molar-refractivity contribution in [3.05, 3.63) is 41.2 Å². The molecule has 27 heavy (non-hydrogen) atoms. The van der Waals surface area contributed by atoms with Gasteiger partial charge in [0.15, 0.2) is 23.3 Å². The van der Waals surface area contributed by atoms with E-state index in [0.717, 1.165) is 24.8 Å². The first-order chi connectivity index (χ1) is 12.5. The predicted octanol–water partition coefficient (Wildman–Crippen LogP) is 7.78. The number of rotatable bonds is 4. The van der Waals surface area contributed by atoms with Gasteiger partial charge in [-0.3, -0.25) is 0 Å². The third-order valence-corrected chi connectivity index (χ3v) is 18.5. The lowest BCUT2D eigenvalue weighted by Crippen LogP contribution is -2.39. The van der Waals surface area contributed by atoms with Crippen LogP contribution in [-0.2, 0) is 4.52 Å². The van der Waals surface area contributed by atoms with Crippen LogP contribution in [0.25, 0.3) is 0 Å². The van der Waals surface area contributed by atoms with Gasteiger partial charge in [-0.05, 0) is 39.0 Å². The molecule has 4 atom stereocenters. The maximum absolute atomic E-state index is 14.2. The zero-order chi connectivity index (χ0) is 20.1. The average Bonchev–Trinajstić information content (AvgIpc) is 2.93. The number of hydrogen-bond donors (Lipinski definition) is 0. The van der Waals surface area contributed by atoms with Crippen molar-refractivity contribution >= 4 is 39.2 Å². The molecule has 1 nitrogen and oxygen atoms in total. The molecular formula is C17H19F5OPS3+. The molecule has 1 unspecified atom stereocenters. The summed E-state index contributed by atoms with van der Waals surface area (Å²) >= 11 is 3.46. The fourth-order valence-corrected chi connectivity index (χ4v) is 17.3. The second kappa shape index (κ2) is 7.71. The molecule has 3 rings (SSSR count). The van der Waals surface area contributed by atoms with E-state index in [2.05, 4.69) is 6.58 Å². The largest absolute Gasteiger partial charge is 0.327 e. The molecule has 0 amide bonds. The molecule has 0 radical (unpaired) electrons. The number of benzene rings is 1. The molecule has 1 heterocycles. The molecule has 10 heteroatoms. The molecule has 0 spiro atoms. The fraction of sp³-hybridized carbons (Fsp3) is 0.529. The van der Waals surface area contributed by atoms with Crippen molar-refractivity contribution in [2.45, 2.75) is 48.9 Å². The summed E-state index contributed by atoms with van der Waals surface area (Å²) in [5, 5.41) is -2.60. The molecule has 1 saturated heterocycles. The normalized spacial score (nSPS) is 33.2. The Balaban J connectivity index is 1.94. The topological polar surface area (TPSA) is 9.23 Å². The van der Waals surface area contributed by atoms with Gasteiger partial charge in [0.05, 0.1) is 27.5 Å². The van der Waals surface area contributed by atoms with E-state index >= 15 is 0 Å². The molecule has 1 aromatic rings. The summed E-state index contributed by atoms with van der Waals surface area (Å²) in [6.45, 7) is 8.03. The standard InChI is InChI=1S/C17H19F5OPS3/c1-8(2)9-5-6-17(3)10(7-9)23-24(25-4,27-17)26-16-14(21)12(19)11(18)13(20)15(16)22/h9-10H,1,5-7H2,2-4H3/q+1/t9-,10+,17+,24?/m1/s1. The van der Waals surface area contributed by atoms with E-state index in [0.29, 0.717) is 17.3 Å². The summed E-state index contributed by atoms with van der Waals surface area (Å²) in [5.41, 5.74) is 1.07. The Bertz CT molecular complexity index is 765. The third kappa shape index (κ3) is 3.79. The molecule has 150 valence electrons. The van der Waals surface area contributed by atoms with Crippen LogP contribution in [0.4, 0.5) is 22.0 Å². The Hall–Kier alpha value is 0.0500. The lowest BCUT2D eigenvalue weighted by molar-refractivity contribution is 0.129. The van der Waals surface area contributed by atoms with Crippen LogP contribution in [0.1, 0.15) is 33.1 Å². The van der Waals surface area contributed by atoms with Gasteiger partial charge in [0.2, 0.25) is 5.82 Å². The molecule has 2 aliphatic rings. The fourth-order valence-electron chi connectivity index (χ4n) is 3.32. The zero-order valence-electron chi connectivity index (χ0n) is 15.0. The van der Waals surface area contributed by atoms with Crippen molar-refractivity contribution < 1.29 is 26.5 Å². The monoisotopic (exact) mass is 461 g/mol. The lowest BCUT2D eigenvalue weighted by atomic mass is 9.77. The minimum absolute atomic E-state index is 0.146. The zero-order valence-corrected chi connectivity index (χ0v) is 18.3. The van der Waals surface area contributed by atoms with Crippen molar-refractivity contribution in [2.75, 3.05) is 6.26 Å². The maximum Gasteiger partial charge on any atom is 0.327 e. The Morgan fingerprint density at radius 1 is 1.15 bits per heavy atom. The predicted molar refractivity (Wildman–Crippen MR) is 106 cm³/mol. The van der Waals surface area contributed by atoms with Crippen molar-refractivity contribution in [1.82, 2.24) is 0 Å². The second-order valence-electron chi connectivity index (χ2n) is 6.94. The van der Waals surface area contributed by atoms with E-state index < -0.39 is 39.1 Å². The first-order valence-corrected chi connectivity index (χ1v) is 14.6. The summed E-state index contributed by atoms with van der Waals surface area (Å²) in [7, 11) is 0. The Labute approximate surface area is 167 Å². The van der Waals surface area contributed by atoms with E-state index in [1.54, 1.807) is 6.26 Å². The highest BCUT2D eigenvalue weighted by atomic mass is 33.4. The van der Waals surface area contributed by atoms with Gasteiger partial charge in [-0.15, -0.1) is 0 Å². The first kappa shape index (κ1) is 21.8. The van der Waals surface area contributed by atoms with Crippen LogP contribution in [0.15, 0.2) is 17.0 Å². The molecular weight excluding hydrogens is 442 g/mol. The van der Waals surface area contributed by atoms with Gasteiger partial charge in [0.25, 0.3) is 0 Å². The molecule has 0 aromatic heterocycles. The minimum Gasteiger partial charge on any atom is -0.202 e. The second-order valence-corrected chi connectivity index (χ2v) is 19.0. The SMILES string of the molecule is C=C(C)[C@@H]1CC[C@]2(C)S[P+](SC)(Sc3c(F)c(F)c(F)c(F)c3F)O[C@H]2C1. The average molecular weight is 462 g/mol. The van der Waals surface area contributed by atoms with E-state index in [4.69, 9.17) is 4.52 Å². The van der Waals surface area contributed by atoms with Gasteiger partial charge in [-0.25, -0.2) is 22.0 Å². The van der Waals surface area contributed by atoms with Crippen molar-refractivity contribution in [3.8, 4) is 0 Å². The Kier molecular flexibility index (Phi) is 6.21.